The summed E-state index contributed by atoms with van der Waals surface area (Å²) in [4.78, 5) is 30.5. The quantitative estimate of drug-likeness (QED) is 0.514. The van der Waals surface area contributed by atoms with Crippen LogP contribution in [0.15, 0.2) is 53.3 Å². The van der Waals surface area contributed by atoms with E-state index in [0.29, 0.717) is 23.2 Å². The number of amides is 1. The Kier molecular flexibility index (Phi) is 4.73. The van der Waals surface area contributed by atoms with Gasteiger partial charge >= 0.3 is 0 Å². The predicted molar refractivity (Wildman–Crippen MR) is 113 cm³/mol. The molecule has 142 valence electrons. The maximum absolute atomic E-state index is 14.3. The first kappa shape index (κ1) is 18.4. The number of aromatic nitrogens is 1. The van der Waals surface area contributed by atoms with E-state index < -0.39 is 5.82 Å². The summed E-state index contributed by atoms with van der Waals surface area (Å²) in [6.07, 6.45) is 0.688. The van der Waals surface area contributed by atoms with Crippen molar-refractivity contribution in [2.24, 2.45) is 0 Å². The van der Waals surface area contributed by atoms with Gasteiger partial charge in [-0.15, -0.1) is 11.3 Å². The maximum atomic E-state index is 14.3. The smallest absolute Gasteiger partial charge is 0.268 e. The number of pyridine rings is 1. The van der Waals surface area contributed by atoms with Gasteiger partial charge in [0.2, 0.25) is 0 Å². The molecule has 0 saturated carbocycles. The van der Waals surface area contributed by atoms with Crippen LogP contribution in [-0.4, -0.2) is 17.4 Å². The van der Waals surface area contributed by atoms with E-state index in [2.05, 4.69) is 4.98 Å². The molecule has 0 aliphatic rings. The lowest BCUT2D eigenvalue weighted by Gasteiger charge is -2.22. The van der Waals surface area contributed by atoms with Crippen LogP contribution in [0.4, 0.5) is 10.1 Å². The van der Waals surface area contributed by atoms with Gasteiger partial charge < -0.3 is 9.88 Å². The molecule has 28 heavy (non-hydrogen) atoms. The average molecular weight is 394 g/mol. The van der Waals surface area contributed by atoms with Crippen LogP contribution in [-0.2, 0) is 0 Å². The van der Waals surface area contributed by atoms with E-state index in [1.807, 2.05) is 32.0 Å². The minimum absolute atomic E-state index is 0.227. The van der Waals surface area contributed by atoms with Gasteiger partial charge in [-0.25, -0.2) is 4.39 Å². The van der Waals surface area contributed by atoms with Gasteiger partial charge in [0.15, 0.2) is 0 Å². The van der Waals surface area contributed by atoms with Gasteiger partial charge in [-0.1, -0.05) is 30.7 Å². The molecule has 0 aliphatic carbocycles. The van der Waals surface area contributed by atoms with Gasteiger partial charge in [0, 0.05) is 22.1 Å². The first-order chi connectivity index (χ1) is 13.5. The van der Waals surface area contributed by atoms with Crippen molar-refractivity contribution in [1.29, 1.82) is 0 Å². The van der Waals surface area contributed by atoms with Crippen LogP contribution >= 0.6 is 11.3 Å². The highest BCUT2D eigenvalue weighted by molar-refractivity contribution is 7.21. The van der Waals surface area contributed by atoms with Gasteiger partial charge in [0.25, 0.3) is 11.5 Å². The minimum atomic E-state index is -0.440. The second kappa shape index (κ2) is 7.20. The van der Waals surface area contributed by atoms with Crippen molar-refractivity contribution >= 4 is 43.9 Å². The molecule has 0 bridgehead atoms. The molecule has 0 aliphatic heterocycles. The topological polar surface area (TPSA) is 53.2 Å². The lowest BCUT2D eigenvalue weighted by atomic mass is 10.1. The fourth-order valence-corrected chi connectivity index (χ4v) is 4.50. The molecule has 2 aromatic carbocycles. The summed E-state index contributed by atoms with van der Waals surface area (Å²) in [5, 5.41) is 1.39. The molecule has 4 rings (SSSR count). The van der Waals surface area contributed by atoms with E-state index in [4.69, 9.17) is 0 Å². The second-order valence-corrected chi connectivity index (χ2v) is 7.82. The van der Waals surface area contributed by atoms with Crippen LogP contribution in [0, 0.1) is 12.7 Å². The molecule has 0 saturated heterocycles. The highest BCUT2D eigenvalue weighted by Gasteiger charge is 2.23. The summed E-state index contributed by atoms with van der Waals surface area (Å²) in [5.74, 6) is -0.738. The van der Waals surface area contributed by atoms with Crippen LogP contribution in [0.2, 0.25) is 0 Å². The lowest BCUT2D eigenvalue weighted by molar-refractivity contribution is 0.0990. The molecule has 0 fully saturated rings. The van der Waals surface area contributed by atoms with Crippen molar-refractivity contribution in [3.05, 3.63) is 75.1 Å². The standard InChI is InChI=1S/C22H19FN2O2S/c1-3-10-25(18-7-5-4-6-16(18)23)22(27)19-12-15-20(28-19)14-11-13(2)8-9-17(14)24-21(15)26/h4-9,11-12H,3,10H2,1-2H3,(H,24,26). The number of aryl methyl sites for hydroxylation is 1. The van der Waals surface area contributed by atoms with Crippen LogP contribution in [0.1, 0.15) is 28.6 Å². The molecule has 0 spiro atoms. The van der Waals surface area contributed by atoms with E-state index in [-0.39, 0.29) is 17.2 Å². The highest BCUT2D eigenvalue weighted by Crippen LogP contribution is 2.32. The largest absolute Gasteiger partial charge is 0.321 e. The van der Waals surface area contributed by atoms with Crippen molar-refractivity contribution in [3.63, 3.8) is 0 Å². The zero-order chi connectivity index (χ0) is 19.8. The number of fused-ring (bicyclic) bond motifs is 3. The number of carbonyl (C=O) groups is 1. The molecular formula is C22H19FN2O2S. The van der Waals surface area contributed by atoms with Crippen molar-refractivity contribution in [2.45, 2.75) is 20.3 Å². The molecular weight excluding hydrogens is 375 g/mol. The van der Waals surface area contributed by atoms with Crippen molar-refractivity contribution in [2.75, 3.05) is 11.4 Å². The zero-order valence-electron chi connectivity index (χ0n) is 15.6. The Morgan fingerprint density at radius 3 is 2.68 bits per heavy atom. The Labute approximate surface area is 165 Å². The van der Waals surface area contributed by atoms with E-state index in [1.54, 1.807) is 24.3 Å². The fraction of sp³-hybridized carbons (Fsp3) is 0.182. The Morgan fingerprint density at radius 1 is 1.14 bits per heavy atom. The van der Waals surface area contributed by atoms with Crippen LogP contribution in [0.3, 0.4) is 0 Å². The first-order valence-corrected chi connectivity index (χ1v) is 9.94. The highest BCUT2D eigenvalue weighted by atomic mass is 32.1. The van der Waals surface area contributed by atoms with Gasteiger partial charge in [0.05, 0.1) is 16.0 Å². The van der Waals surface area contributed by atoms with Gasteiger partial charge in [-0.3, -0.25) is 9.59 Å². The number of thiophene rings is 1. The third-order valence-electron chi connectivity index (χ3n) is 4.69. The van der Waals surface area contributed by atoms with Gasteiger partial charge in [-0.2, -0.15) is 0 Å². The number of nitrogens with zero attached hydrogens (tertiary/aromatic N) is 1. The van der Waals surface area contributed by atoms with Crippen LogP contribution in [0.25, 0.3) is 21.0 Å². The molecule has 4 nitrogen and oxygen atoms in total. The minimum Gasteiger partial charge on any atom is -0.321 e. The monoisotopic (exact) mass is 394 g/mol. The third-order valence-corrected chi connectivity index (χ3v) is 5.85. The number of para-hydroxylation sites is 1. The number of hydrogen-bond donors (Lipinski definition) is 1. The normalized spacial score (nSPS) is 11.2. The van der Waals surface area contributed by atoms with Crippen molar-refractivity contribution < 1.29 is 9.18 Å². The summed E-state index contributed by atoms with van der Waals surface area (Å²) in [6.45, 7) is 4.31. The first-order valence-electron chi connectivity index (χ1n) is 9.12. The summed E-state index contributed by atoms with van der Waals surface area (Å²) in [7, 11) is 0. The van der Waals surface area contributed by atoms with E-state index >= 15 is 0 Å². The molecule has 4 aromatic rings. The molecule has 6 heteroatoms. The van der Waals surface area contributed by atoms with Crippen LogP contribution < -0.4 is 10.5 Å². The molecule has 1 amide bonds. The van der Waals surface area contributed by atoms with Crippen molar-refractivity contribution in [3.8, 4) is 0 Å². The predicted octanol–water partition coefficient (Wildman–Crippen LogP) is 5.25. The summed E-state index contributed by atoms with van der Waals surface area (Å²) in [6, 6.07) is 13.7. The maximum Gasteiger partial charge on any atom is 0.268 e. The number of H-pyrrole nitrogens is 1. The number of aromatic amines is 1. The van der Waals surface area contributed by atoms with Gasteiger partial charge in [-0.05, 0) is 43.7 Å². The Bertz CT molecular complexity index is 1260. The molecule has 1 N–H and O–H groups in total. The van der Waals surface area contributed by atoms with E-state index in [1.165, 1.54) is 22.3 Å². The van der Waals surface area contributed by atoms with E-state index in [0.717, 1.165) is 21.2 Å². The number of halogens is 1. The number of anilines is 1. The Morgan fingerprint density at radius 2 is 1.93 bits per heavy atom. The number of carbonyl (C=O) groups excluding carboxylic acids is 1. The molecule has 0 unspecified atom stereocenters. The summed E-state index contributed by atoms with van der Waals surface area (Å²) < 4.78 is 15.1. The van der Waals surface area contributed by atoms with Crippen LogP contribution in [0.5, 0.6) is 0 Å². The number of rotatable bonds is 4. The number of nitrogens with one attached hydrogen (secondary N) is 1. The zero-order valence-corrected chi connectivity index (χ0v) is 16.4. The third kappa shape index (κ3) is 3.10. The number of hydrogen-bond acceptors (Lipinski definition) is 3. The van der Waals surface area contributed by atoms with Gasteiger partial charge in [0.1, 0.15) is 5.82 Å². The summed E-state index contributed by atoms with van der Waals surface area (Å²) >= 11 is 1.28. The average Bonchev–Trinajstić information content (AvgIpc) is 3.13. The van der Waals surface area contributed by atoms with Crippen molar-refractivity contribution in [1.82, 2.24) is 4.98 Å². The fourth-order valence-electron chi connectivity index (χ4n) is 3.37. The molecule has 2 aromatic heterocycles. The number of benzene rings is 2. The molecule has 0 atom stereocenters. The van der Waals surface area contributed by atoms with E-state index in [9.17, 15) is 14.0 Å². The molecule has 0 radical (unpaired) electrons. The Hall–Kier alpha value is -2.99. The SMILES string of the molecule is CCCN(C(=O)c1cc2c(=O)[nH]c3ccc(C)cc3c2s1)c1ccccc1F. The molecule has 2 heterocycles. The second-order valence-electron chi connectivity index (χ2n) is 6.76. The lowest BCUT2D eigenvalue weighted by Crippen LogP contribution is -2.31. The summed E-state index contributed by atoms with van der Waals surface area (Å²) in [5.41, 5.74) is 1.83. The Balaban J connectivity index is 1.88.